The van der Waals surface area contributed by atoms with Gasteiger partial charge in [-0.05, 0) is 65.7 Å². The normalized spacial score (nSPS) is 25.2. The van der Waals surface area contributed by atoms with Gasteiger partial charge in [0.05, 0.1) is 0 Å². The largest absolute Gasteiger partial charge is 0.378 e. The van der Waals surface area contributed by atoms with Crippen LogP contribution in [0.25, 0.3) is 0 Å². The molecule has 0 bridgehead atoms. The van der Waals surface area contributed by atoms with E-state index < -0.39 is 0 Å². The Kier molecular flexibility index (Phi) is 11.6. The Bertz CT molecular complexity index is 290. The Hall–Kier alpha value is -0.580. The molecule has 0 aromatic carbocycles. The second-order valence-electron chi connectivity index (χ2n) is 6.41. The van der Waals surface area contributed by atoms with E-state index in [2.05, 4.69) is 42.4 Å². The van der Waals surface area contributed by atoms with E-state index >= 15 is 0 Å². The lowest BCUT2D eigenvalue weighted by molar-refractivity contribution is 0.0109. The molecule has 3 fully saturated rings. The Labute approximate surface area is 139 Å². The quantitative estimate of drug-likeness (QED) is 0.739. The molecule has 4 nitrogen and oxygen atoms in total. The molecule has 3 saturated heterocycles. The summed E-state index contributed by atoms with van der Waals surface area (Å²) in [6.45, 7) is 8.90. The fourth-order valence-electron chi connectivity index (χ4n) is 2.92. The maximum atomic E-state index is 5.15. The van der Waals surface area contributed by atoms with Gasteiger partial charge in [0, 0.05) is 32.9 Å². The van der Waals surface area contributed by atoms with Gasteiger partial charge < -0.3 is 14.5 Å². The highest BCUT2D eigenvalue weighted by Gasteiger charge is 2.18. The van der Waals surface area contributed by atoms with Crippen LogP contribution < -0.4 is 0 Å². The predicted octanol–water partition coefficient (Wildman–Crippen LogP) is 3.26. The highest BCUT2D eigenvalue weighted by molar-refractivity contribution is 4.97. The molecule has 3 heterocycles. The minimum absolute atomic E-state index is 0. The number of methoxy groups -OCH3 is 1. The van der Waals surface area contributed by atoms with Gasteiger partial charge in [0.2, 0.25) is 0 Å². The minimum atomic E-state index is 0. The molecule has 1 atom stereocenters. The molecule has 4 heteroatoms. The summed E-state index contributed by atoms with van der Waals surface area (Å²) < 4.78 is 5.15. The number of hydrogen-bond acceptors (Lipinski definition) is 4. The zero-order valence-corrected chi connectivity index (χ0v) is 14.6. The molecule has 3 aliphatic rings. The second-order valence-corrected chi connectivity index (χ2v) is 6.41. The van der Waals surface area contributed by atoms with Crippen LogP contribution in [0.3, 0.4) is 0 Å². The molecular weight excluding hydrogens is 274 g/mol. The van der Waals surface area contributed by atoms with Crippen LogP contribution in [0, 0.1) is 0 Å². The third kappa shape index (κ3) is 8.16. The molecule has 0 aromatic rings. The third-order valence-electron chi connectivity index (χ3n) is 4.55. The number of allylic oxidation sites excluding steroid dienone is 1. The number of likely N-dealkylation sites (tertiary alicyclic amines) is 3. The van der Waals surface area contributed by atoms with Crippen molar-refractivity contribution < 1.29 is 4.74 Å². The number of nitrogens with zero attached hydrogens (tertiary/aromatic N) is 3. The van der Waals surface area contributed by atoms with E-state index in [1.54, 1.807) is 7.11 Å². The first-order chi connectivity index (χ1) is 10.0. The predicted molar refractivity (Wildman–Crippen MR) is 97.1 cm³/mol. The van der Waals surface area contributed by atoms with Crippen molar-refractivity contribution in [3.8, 4) is 0 Å². The van der Waals surface area contributed by atoms with Crippen molar-refractivity contribution in [2.24, 2.45) is 0 Å². The minimum Gasteiger partial charge on any atom is -0.378 e. The van der Waals surface area contributed by atoms with Crippen LogP contribution in [0.15, 0.2) is 12.3 Å². The van der Waals surface area contributed by atoms with E-state index in [1.165, 1.54) is 70.4 Å². The number of hydrogen-bond donors (Lipinski definition) is 0. The molecule has 0 N–H and O–H groups in total. The summed E-state index contributed by atoms with van der Waals surface area (Å²) in [7, 11) is 8.13. The van der Waals surface area contributed by atoms with E-state index in [9.17, 15) is 0 Å². The molecule has 3 aliphatic heterocycles. The zero-order chi connectivity index (χ0) is 15.7. The van der Waals surface area contributed by atoms with Crippen LogP contribution in [-0.4, -0.2) is 75.4 Å². The van der Waals surface area contributed by atoms with Gasteiger partial charge >= 0.3 is 0 Å². The summed E-state index contributed by atoms with van der Waals surface area (Å²) in [5, 5.41) is 0. The van der Waals surface area contributed by atoms with E-state index in [0.717, 1.165) is 0 Å². The Morgan fingerprint density at radius 1 is 0.955 bits per heavy atom. The first-order valence-electron chi connectivity index (χ1n) is 8.35. The van der Waals surface area contributed by atoms with Gasteiger partial charge in [-0.15, -0.1) is 0 Å². The lowest BCUT2D eigenvalue weighted by Gasteiger charge is -2.16. The lowest BCUT2D eigenvalue weighted by Crippen LogP contribution is -2.25. The summed E-state index contributed by atoms with van der Waals surface area (Å²) in [5.41, 5.74) is 1.29. The van der Waals surface area contributed by atoms with E-state index in [1.807, 2.05) is 0 Å². The van der Waals surface area contributed by atoms with Crippen molar-refractivity contribution in [3.05, 3.63) is 12.3 Å². The molecule has 0 radical (unpaired) electrons. The molecule has 22 heavy (non-hydrogen) atoms. The second kappa shape index (κ2) is 11.9. The average molecular weight is 314 g/mol. The van der Waals surface area contributed by atoms with Crippen LogP contribution >= 0.6 is 0 Å². The van der Waals surface area contributed by atoms with Gasteiger partial charge in [0.1, 0.15) is 6.23 Å². The summed E-state index contributed by atoms with van der Waals surface area (Å²) in [4.78, 5) is 6.81. The van der Waals surface area contributed by atoms with Gasteiger partial charge in [-0.1, -0.05) is 14.0 Å². The van der Waals surface area contributed by atoms with Crippen molar-refractivity contribution in [2.75, 3.05) is 54.4 Å². The maximum absolute atomic E-state index is 5.15. The third-order valence-corrected chi connectivity index (χ3v) is 4.55. The van der Waals surface area contributed by atoms with Crippen LogP contribution in [-0.2, 0) is 4.74 Å². The highest BCUT2D eigenvalue weighted by Crippen LogP contribution is 2.15. The van der Waals surface area contributed by atoms with Crippen LogP contribution in [0.1, 0.15) is 46.0 Å². The monoisotopic (exact) mass is 313 g/mol. The molecule has 0 spiro atoms. The fraction of sp³-hybridized carbons (Fsp3) is 0.889. The topological polar surface area (TPSA) is 19.0 Å². The van der Waals surface area contributed by atoms with E-state index in [4.69, 9.17) is 4.74 Å². The van der Waals surface area contributed by atoms with Crippen LogP contribution in [0.2, 0.25) is 0 Å². The smallest absolute Gasteiger partial charge is 0.110 e. The summed E-state index contributed by atoms with van der Waals surface area (Å²) in [6.07, 6.45) is 8.22. The zero-order valence-electron chi connectivity index (χ0n) is 14.6. The fourth-order valence-corrected chi connectivity index (χ4v) is 2.92. The molecule has 0 amide bonds. The van der Waals surface area contributed by atoms with Crippen molar-refractivity contribution in [1.29, 1.82) is 0 Å². The van der Waals surface area contributed by atoms with Crippen molar-refractivity contribution in [2.45, 2.75) is 52.2 Å². The van der Waals surface area contributed by atoms with Gasteiger partial charge in [0.25, 0.3) is 0 Å². The van der Waals surface area contributed by atoms with Crippen LogP contribution in [0.4, 0.5) is 0 Å². The van der Waals surface area contributed by atoms with E-state index in [-0.39, 0.29) is 7.43 Å². The molecule has 1 unspecified atom stereocenters. The first-order valence-corrected chi connectivity index (χ1v) is 8.35. The van der Waals surface area contributed by atoms with Crippen molar-refractivity contribution in [3.63, 3.8) is 0 Å². The Morgan fingerprint density at radius 3 is 1.77 bits per heavy atom. The molecule has 0 aliphatic carbocycles. The highest BCUT2D eigenvalue weighted by atomic mass is 16.5. The van der Waals surface area contributed by atoms with E-state index in [0.29, 0.717) is 6.23 Å². The molecule has 132 valence electrons. The molecule has 0 aromatic heterocycles. The van der Waals surface area contributed by atoms with Crippen molar-refractivity contribution in [1.82, 2.24) is 14.7 Å². The first kappa shape index (κ1) is 21.4. The molecule has 3 rings (SSSR count). The standard InChI is InChI=1S/C6H13NO.C6H11N.C5H11N.CH4/c1-7-5-3-4-6(7)8-2;1-6-4-3-5-7(6)2;1-6-4-2-3-5-6;/h6H,3-5H2,1-2H3;1,3-5H2,2H3;2-5H2,1H3;1H4. The lowest BCUT2D eigenvalue weighted by atomic mass is 10.3. The number of ether oxygens (including phenoxy) is 1. The molecular formula is C18H39N3O. The van der Waals surface area contributed by atoms with Gasteiger partial charge in [-0.2, -0.15) is 0 Å². The van der Waals surface area contributed by atoms with Gasteiger partial charge in [-0.3, -0.25) is 4.90 Å². The number of rotatable bonds is 1. The Balaban J connectivity index is 0.000000297. The van der Waals surface area contributed by atoms with Crippen molar-refractivity contribution >= 4 is 0 Å². The van der Waals surface area contributed by atoms with Gasteiger partial charge in [-0.25, -0.2) is 0 Å². The summed E-state index contributed by atoms with van der Waals surface area (Å²) in [6, 6.07) is 0. The summed E-state index contributed by atoms with van der Waals surface area (Å²) in [5.74, 6) is 0. The summed E-state index contributed by atoms with van der Waals surface area (Å²) >= 11 is 0. The SMILES string of the molecule is C.C=C1CCCN1C.CN1CCCC1.COC1CCCN1C. The molecule has 0 saturated carbocycles. The van der Waals surface area contributed by atoms with Crippen LogP contribution in [0.5, 0.6) is 0 Å². The van der Waals surface area contributed by atoms with Gasteiger partial charge in [0.15, 0.2) is 0 Å². The maximum Gasteiger partial charge on any atom is 0.110 e. The Morgan fingerprint density at radius 2 is 1.59 bits per heavy atom. The average Bonchev–Trinajstić information content (AvgIpc) is 3.17.